The van der Waals surface area contributed by atoms with Crippen LogP contribution in [0.2, 0.25) is 5.02 Å². The lowest BCUT2D eigenvalue weighted by atomic mass is 10.1. The van der Waals surface area contributed by atoms with E-state index in [1.54, 1.807) is 0 Å². The van der Waals surface area contributed by atoms with Gasteiger partial charge < -0.3 is 10.4 Å². The fourth-order valence-corrected chi connectivity index (χ4v) is 2.54. The van der Waals surface area contributed by atoms with Crippen molar-refractivity contribution in [2.24, 2.45) is 0 Å². The van der Waals surface area contributed by atoms with E-state index in [0.29, 0.717) is 6.04 Å². The normalized spacial score (nSPS) is 20.8. The van der Waals surface area contributed by atoms with Gasteiger partial charge in [-0.3, -0.25) is 0 Å². The largest absolute Gasteiger partial charge is 0.395 e. The van der Waals surface area contributed by atoms with Crippen LogP contribution in [0.1, 0.15) is 36.9 Å². The van der Waals surface area contributed by atoms with Gasteiger partial charge in [-0.1, -0.05) is 24.6 Å². The van der Waals surface area contributed by atoms with Gasteiger partial charge in [0, 0.05) is 17.1 Å². The van der Waals surface area contributed by atoms with E-state index in [9.17, 15) is 5.11 Å². The Balaban J connectivity index is 2.11. The number of aliphatic hydroxyl groups excluding tert-OH is 1. The zero-order chi connectivity index (χ0) is 11.5. The third kappa shape index (κ3) is 2.40. The van der Waals surface area contributed by atoms with Crippen LogP contribution in [0.3, 0.4) is 0 Å². The first-order valence-electron chi connectivity index (χ1n) is 5.89. The summed E-state index contributed by atoms with van der Waals surface area (Å²) in [6.45, 7) is 2.29. The van der Waals surface area contributed by atoms with Crippen molar-refractivity contribution in [3.63, 3.8) is 0 Å². The summed E-state index contributed by atoms with van der Waals surface area (Å²) in [7, 11) is 0. The SMILES string of the molecule is CC[C@@H](CO)NC1CCc2cc(Cl)ccc21. The molecular weight excluding hydrogens is 222 g/mol. The van der Waals surface area contributed by atoms with Gasteiger partial charge in [0.05, 0.1) is 6.61 Å². The second-order valence-corrected chi connectivity index (χ2v) is 4.83. The number of rotatable bonds is 4. The van der Waals surface area contributed by atoms with Crippen molar-refractivity contribution in [2.75, 3.05) is 6.61 Å². The van der Waals surface area contributed by atoms with Gasteiger partial charge in [0.2, 0.25) is 0 Å². The second kappa shape index (κ2) is 5.17. The van der Waals surface area contributed by atoms with E-state index in [1.807, 2.05) is 6.07 Å². The minimum Gasteiger partial charge on any atom is -0.395 e. The van der Waals surface area contributed by atoms with Crippen LogP contribution >= 0.6 is 11.6 Å². The first kappa shape index (κ1) is 11.9. The Labute approximate surface area is 102 Å². The van der Waals surface area contributed by atoms with E-state index < -0.39 is 0 Å². The average molecular weight is 240 g/mol. The molecule has 0 aromatic heterocycles. The van der Waals surface area contributed by atoms with Gasteiger partial charge in [-0.25, -0.2) is 0 Å². The summed E-state index contributed by atoms with van der Waals surface area (Å²) in [4.78, 5) is 0. The van der Waals surface area contributed by atoms with Crippen LogP contribution in [0, 0.1) is 0 Å². The van der Waals surface area contributed by atoms with Crippen LogP contribution < -0.4 is 5.32 Å². The lowest BCUT2D eigenvalue weighted by Crippen LogP contribution is -2.34. The van der Waals surface area contributed by atoms with Gasteiger partial charge >= 0.3 is 0 Å². The van der Waals surface area contributed by atoms with Gasteiger partial charge in [0.1, 0.15) is 0 Å². The van der Waals surface area contributed by atoms with Gasteiger partial charge in [-0.2, -0.15) is 0 Å². The van der Waals surface area contributed by atoms with Crippen molar-refractivity contribution < 1.29 is 5.11 Å². The van der Waals surface area contributed by atoms with Gasteiger partial charge in [-0.05, 0) is 42.5 Å². The molecule has 1 unspecified atom stereocenters. The third-order valence-electron chi connectivity index (χ3n) is 3.33. The van der Waals surface area contributed by atoms with Crippen LogP contribution in [0.4, 0.5) is 0 Å². The van der Waals surface area contributed by atoms with Crippen LogP contribution in [0.5, 0.6) is 0 Å². The molecular formula is C13H18ClNO. The molecule has 0 saturated heterocycles. The van der Waals surface area contributed by atoms with Crippen molar-refractivity contribution in [3.05, 3.63) is 34.3 Å². The minimum atomic E-state index is 0.201. The smallest absolute Gasteiger partial charge is 0.0584 e. The molecule has 0 saturated carbocycles. The molecule has 1 aliphatic rings. The second-order valence-electron chi connectivity index (χ2n) is 4.39. The highest BCUT2D eigenvalue weighted by Crippen LogP contribution is 2.33. The zero-order valence-corrected chi connectivity index (χ0v) is 10.3. The van der Waals surface area contributed by atoms with Crippen LogP contribution in [0.25, 0.3) is 0 Å². The van der Waals surface area contributed by atoms with E-state index in [-0.39, 0.29) is 12.6 Å². The Bertz CT molecular complexity index is 363. The molecule has 0 radical (unpaired) electrons. The minimum absolute atomic E-state index is 0.201. The number of aryl methyl sites for hydroxylation is 1. The van der Waals surface area contributed by atoms with Gasteiger partial charge in [0.15, 0.2) is 0 Å². The quantitative estimate of drug-likeness (QED) is 0.847. The maximum Gasteiger partial charge on any atom is 0.0584 e. The van der Waals surface area contributed by atoms with Crippen LogP contribution in [-0.2, 0) is 6.42 Å². The molecule has 1 aromatic carbocycles. The fourth-order valence-electron chi connectivity index (χ4n) is 2.34. The van der Waals surface area contributed by atoms with Crippen molar-refractivity contribution in [1.82, 2.24) is 5.32 Å². The molecule has 2 atom stereocenters. The fraction of sp³-hybridized carbons (Fsp3) is 0.538. The molecule has 16 heavy (non-hydrogen) atoms. The Hall–Kier alpha value is -0.570. The summed E-state index contributed by atoms with van der Waals surface area (Å²) >= 11 is 5.97. The number of aliphatic hydroxyl groups is 1. The van der Waals surface area contributed by atoms with Crippen molar-refractivity contribution >= 4 is 11.6 Å². The Kier molecular flexibility index (Phi) is 3.85. The number of hydrogen-bond donors (Lipinski definition) is 2. The Morgan fingerprint density at radius 1 is 1.56 bits per heavy atom. The topological polar surface area (TPSA) is 32.3 Å². The van der Waals surface area contributed by atoms with Gasteiger partial charge in [0.25, 0.3) is 0 Å². The molecule has 2 rings (SSSR count). The highest BCUT2D eigenvalue weighted by atomic mass is 35.5. The molecule has 2 N–H and O–H groups in total. The summed E-state index contributed by atoms with van der Waals surface area (Å²) in [6.07, 6.45) is 3.14. The molecule has 3 heteroatoms. The monoisotopic (exact) mass is 239 g/mol. The molecule has 88 valence electrons. The summed E-state index contributed by atoms with van der Waals surface area (Å²) in [5.74, 6) is 0. The summed E-state index contributed by atoms with van der Waals surface area (Å²) in [5, 5.41) is 13.5. The van der Waals surface area contributed by atoms with E-state index >= 15 is 0 Å². The maximum atomic E-state index is 9.19. The van der Waals surface area contributed by atoms with Crippen molar-refractivity contribution in [2.45, 2.75) is 38.3 Å². The highest BCUT2D eigenvalue weighted by Gasteiger charge is 2.23. The first-order valence-corrected chi connectivity index (χ1v) is 6.27. The van der Waals surface area contributed by atoms with Crippen molar-refractivity contribution in [3.8, 4) is 0 Å². The van der Waals surface area contributed by atoms with Crippen molar-refractivity contribution in [1.29, 1.82) is 0 Å². The maximum absolute atomic E-state index is 9.19. The molecule has 0 aliphatic heterocycles. The number of benzene rings is 1. The molecule has 2 nitrogen and oxygen atoms in total. The summed E-state index contributed by atoms with van der Waals surface area (Å²) in [6, 6.07) is 6.68. The standard InChI is InChI=1S/C13H18ClNO/c1-2-11(8-16)15-13-6-3-9-7-10(14)4-5-12(9)13/h4-5,7,11,13,15-16H,2-3,6,8H2,1H3/t11-,13?/m0/s1. The zero-order valence-electron chi connectivity index (χ0n) is 9.54. The molecule has 1 aromatic rings. The molecule has 0 spiro atoms. The van der Waals surface area contributed by atoms with E-state index in [4.69, 9.17) is 11.6 Å². The highest BCUT2D eigenvalue weighted by molar-refractivity contribution is 6.30. The molecule has 1 aliphatic carbocycles. The average Bonchev–Trinajstić information content (AvgIpc) is 2.68. The lowest BCUT2D eigenvalue weighted by molar-refractivity contribution is 0.227. The van der Waals surface area contributed by atoms with Crippen LogP contribution in [0.15, 0.2) is 18.2 Å². The Morgan fingerprint density at radius 3 is 3.06 bits per heavy atom. The number of fused-ring (bicyclic) bond motifs is 1. The summed E-state index contributed by atoms with van der Waals surface area (Å²) < 4.78 is 0. The number of halogens is 1. The van der Waals surface area contributed by atoms with Gasteiger partial charge in [-0.15, -0.1) is 0 Å². The van der Waals surface area contributed by atoms with E-state index in [1.165, 1.54) is 11.1 Å². The molecule has 0 heterocycles. The lowest BCUT2D eigenvalue weighted by Gasteiger charge is -2.20. The molecule has 0 bridgehead atoms. The number of hydrogen-bond acceptors (Lipinski definition) is 2. The van der Waals surface area contributed by atoms with E-state index in [2.05, 4.69) is 24.4 Å². The molecule has 0 fully saturated rings. The first-order chi connectivity index (χ1) is 7.74. The number of nitrogens with one attached hydrogen (secondary N) is 1. The molecule has 0 amide bonds. The predicted octanol–water partition coefficient (Wildman–Crippen LogP) is 2.69. The summed E-state index contributed by atoms with van der Waals surface area (Å²) in [5.41, 5.74) is 2.69. The third-order valence-corrected chi connectivity index (χ3v) is 3.57. The Morgan fingerprint density at radius 2 is 2.38 bits per heavy atom. The predicted molar refractivity (Wildman–Crippen MR) is 66.8 cm³/mol. The van der Waals surface area contributed by atoms with E-state index in [0.717, 1.165) is 24.3 Å². The van der Waals surface area contributed by atoms with Crippen LogP contribution in [-0.4, -0.2) is 17.8 Å².